The van der Waals surface area contributed by atoms with Gasteiger partial charge < -0.3 is 31.1 Å². The fourth-order valence-corrected chi connectivity index (χ4v) is 5.72. The molecule has 1 amide bonds. The highest BCUT2D eigenvalue weighted by molar-refractivity contribution is 6.03. The van der Waals surface area contributed by atoms with E-state index in [2.05, 4.69) is 0 Å². The summed E-state index contributed by atoms with van der Waals surface area (Å²) in [5.41, 5.74) is 5.70. The molecule has 10 nitrogen and oxygen atoms in total. The molecule has 0 bridgehead atoms. The monoisotopic (exact) mass is 572 g/mol. The van der Waals surface area contributed by atoms with Gasteiger partial charge in [0.25, 0.3) is 0 Å². The van der Waals surface area contributed by atoms with Crippen molar-refractivity contribution in [2.24, 2.45) is 17.6 Å². The Labute approximate surface area is 242 Å². The number of hydrogen-bond donors (Lipinski definition) is 5. The fraction of sp³-hybridized carbons (Fsp3) is 0.484. The van der Waals surface area contributed by atoms with Crippen LogP contribution in [0, 0.1) is 11.8 Å². The minimum atomic E-state index is -2.31. The van der Waals surface area contributed by atoms with Crippen LogP contribution >= 0.6 is 0 Å². The zero-order valence-electron chi connectivity index (χ0n) is 23.6. The van der Waals surface area contributed by atoms with Gasteiger partial charge in [0, 0.05) is 27.9 Å². The van der Waals surface area contributed by atoms with Crippen molar-refractivity contribution in [3.63, 3.8) is 0 Å². The third-order valence-electron chi connectivity index (χ3n) is 7.89. The maximum absolute atomic E-state index is 13.2. The summed E-state index contributed by atoms with van der Waals surface area (Å²) in [4.78, 5) is 51.8. The van der Waals surface area contributed by atoms with Crippen molar-refractivity contribution in [3.05, 3.63) is 53.1 Å². The summed E-state index contributed by atoms with van der Waals surface area (Å²) in [6, 6.07) is 10.3. The van der Waals surface area contributed by atoms with Crippen LogP contribution in [0.1, 0.15) is 67.7 Å². The van der Waals surface area contributed by atoms with Gasteiger partial charge in [0.05, 0.1) is 18.6 Å². The molecular formula is C31H44N2O8. The van der Waals surface area contributed by atoms with Gasteiger partial charge in [-0.2, -0.15) is 0 Å². The van der Waals surface area contributed by atoms with E-state index in [0.29, 0.717) is 29.5 Å². The molecule has 226 valence electrons. The number of benzene rings is 2. The second-order valence-corrected chi connectivity index (χ2v) is 11.2. The standard InChI is InChI=1S/C31H40N2O8.2H2/c1-33(2)12-3-4-25(36)21-7-5-20(6-8-21)23-9-10-26(37)30-24(23)15-19(16-27(30)38)14-22(11-13-34)31(41,18-35)28(39)17-29(32)40;;/h5-10,19,22,34-35,37,41H,3-4,11-18H2,1-2H3,(H2,32,40);2*1H/t19?,22?,31-;;/m1../s1. The lowest BCUT2D eigenvalue weighted by atomic mass is 9.71. The van der Waals surface area contributed by atoms with E-state index in [1.807, 2.05) is 31.1 Å². The number of carbonyl (C=O) groups is 4. The highest BCUT2D eigenvalue weighted by atomic mass is 16.3. The Bertz CT molecular complexity index is 1290. The second kappa shape index (κ2) is 14.0. The first-order valence-electron chi connectivity index (χ1n) is 13.8. The molecule has 0 saturated carbocycles. The quantitative estimate of drug-likeness (QED) is 0.158. The van der Waals surface area contributed by atoms with E-state index in [4.69, 9.17) is 5.73 Å². The van der Waals surface area contributed by atoms with Crippen LogP contribution in [0.5, 0.6) is 5.75 Å². The van der Waals surface area contributed by atoms with Crippen molar-refractivity contribution in [1.82, 2.24) is 4.90 Å². The Balaban J connectivity index is 0.00000462. The van der Waals surface area contributed by atoms with Gasteiger partial charge >= 0.3 is 0 Å². The molecule has 1 aliphatic carbocycles. The molecule has 0 heterocycles. The van der Waals surface area contributed by atoms with E-state index < -0.39 is 36.2 Å². The SMILES string of the molecule is CN(C)CCCC(=O)c1ccc(-c2ccc(O)c3c2CC(CC(CCO)[C@](O)(CO)C(=O)CC(N)=O)CC3=O)cc1.[HH].[HH]. The van der Waals surface area contributed by atoms with Crippen LogP contribution in [-0.2, 0) is 16.0 Å². The number of aliphatic hydroxyl groups excluding tert-OH is 2. The normalized spacial score (nSPS) is 17.1. The lowest BCUT2D eigenvalue weighted by Crippen LogP contribution is -2.51. The molecule has 2 aromatic rings. The number of aromatic hydroxyl groups is 1. The van der Waals surface area contributed by atoms with E-state index in [9.17, 15) is 39.6 Å². The van der Waals surface area contributed by atoms with Crippen LogP contribution in [0.15, 0.2) is 36.4 Å². The number of fused-ring (bicyclic) bond motifs is 1. The first kappa shape index (κ1) is 32.1. The first-order chi connectivity index (χ1) is 19.4. The predicted octanol–water partition coefficient (Wildman–Crippen LogP) is 2.38. The topological polar surface area (TPSA) is 178 Å². The number of amides is 1. The van der Waals surface area contributed by atoms with E-state index in [-0.39, 0.29) is 57.5 Å². The maximum Gasteiger partial charge on any atom is 0.224 e. The van der Waals surface area contributed by atoms with Crippen LogP contribution in [0.25, 0.3) is 11.1 Å². The zero-order valence-corrected chi connectivity index (χ0v) is 23.6. The number of rotatable bonds is 15. The van der Waals surface area contributed by atoms with E-state index in [1.54, 1.807) is 18.2 Å². The molecule has 41 heavy (non-hydrogen) atoms. The average Bonchev–Trinajstić information content (AvgIpc) is 2.91. The minimum Gasteiger partial charge on any atom is -0.507 e. The van der Waals surface area contributed by atoms with Crippen LogP contribution in [0.4, 0.5) is 0 Å². The number of phenolic OH excluding ortho intramolecular Hbond substituents is 1. The second-order valence-electron chi connectivity index (χ2n) is 11.2. The largest absolute Gasteiger partial charge is 0.507 e. The van der Waals surface area contributed by atoms with Crippen molar-refractivity contribution in [1.29, 1.82) is 0 Å². The van der Waals surface area contributed by atoms with Crippen molar-refractivity contribution in [3.8, 4) is 16.9 Å². The average molecular weight is 573 g/mol. The molecule has 3 rings (SSSR count). The Kier molecular flexibility index (Phi) is 10.9. The Morgan fingerprint density at radius 2 is 1.78 bits per heavy atom. The third-order valence-corrected chi connectivity index (χ3v) is 7.89. The predicted molar refractivity (Wildman–Crippen MR) is 157 cm³/mol. The first-order valence-corrected chi connectivity index (χ1v) is 13.8. The highest BCUT2D eigenvalue weighted by Gasteiger charge is 2.45. The molecule has 6 N–H and O–H groups in total. The summed E-state index contributed by atoms with van der Waals surface area (Å²) in [7, 11) is 3.91. The van der Waals surface area contributed by atoms with Crippen molar-refractivity contribution >= 4 is 23.3 Å². The number of Topliss-reactive ketones (excluding diaryl/α,β-unsaturated/α-hetero) is 3. The van der Waals surface area contributed by atoms with Gasteiger partial charge in [-0.25, -0.2) is 0 Å². The summed E-state index contributed by atoms with van der Waals surface area (Å²) in [6.45, 7) is -0.541. The number of hydrogen-bond acceptors (Lipinski definition) is 9. The summed E-state index contributed by atoms with van der Waals surface area (Å²) < 4.78 is 0. The van der Waals surface area contributed by atoms with Crippen LogP contribution < -0.4 is 5.73 Å². The zero-order chi connectivity index (χ0) is 30.3. The van der Waals surface area contributed by atoms with Gasteiger partial charge in [0.2, 0.25) is 5.91 Å². The molecule has 0 saturated heterocycles. The summed E-state index contributed by atoms with van der Waals surface area (Å²) in [5, 5.41) is 41.2. The minimum absolute atomic E-state index is 0. The highest BCUT2D eigenvalue weighted by Crippen LogP contribution is 2.41. The third kappa shape index (κ3) is 7.65. The van der Waals surface area contributed by atoms with Gasteiger partial charge in [0.1, 0.15) is 11.4 Å². The summed E-state index contributed by atoms with van der Waals surface area (Å²) in [5.74, 6) is -3.63. The van der Waals surface area contributed by atoms with Crippen molar-refractivity contribution < 1.29 is 42.5 Å². The molecule has 1 aliphatic rings. The molecule has 0 fully saturated rings. The van der Waals surface area contributed by atoms with Crippen LogP contribution in [0.3, 0.4) is 0 Å². The molecule has 2 unspecified atom stereocenters. The van der Waals surface area contributed by atoms with E-state index in [1.165, 1.54) is 6.07 Å². The summed E-state index contributed by atoms with van der Waals surface area (Å²) >= 11 is 0. The van der Waals surface area contributed by atoms with E-state index in [0.717, 1.165) is 18.5 Å². The van der Waals surface area contributed by atoms with Crippen molar-refractivity contribution in [2.45, 2.75) is 50.5 Å². The van der Waals surface area contributed by atoms with Gasteiger partial charge in [-0.05, 0) is 80.9 Å². The number of aliphatic hydroxyl groups is 3. The number of nitrogens with zero attached hydrogens (tertiary/aromatic N) is 1. The summed E-state index contributed by atoms with van der Waals surface area (Å²) in [6.07, 6.45) is 0.816. The number of phenols is 1. The van der Waals surface area contributed by atoms with Gasteiger partial charge in [-0.3, -0.25) is 19.2 Å². The number of nitrogens with two attached hydrogens (primary N) is 1. The molecule has 2 aromatic carbocycles. The Morgan fingerprint density at radius 1 is 1.10 bits per heavy atom. The number of primary amides is 1. The molecule has 10 heteroatoms. The Hall–Kier alpha value is -3.44. The lowest BCUT2D eigenvalue weighted by Gasteiger charge is -2.36. The van der Waals surface area contributed by atoms with Crippen LogP contribution in [0.2, 0.25) is 0 Å². The van der Waals surface area contributed by atoms with Crippen molar-refractivity contribution in [2.75, 3.05) is 33.9 Å². The molecule has 0 aromatic heterocycles. The molecule has 0 spiro atoms. The Morgan fingerprint density at radius 3 is 2.37 bits per heavy atom. The lowest BCUT2D eigenvalue weighted by molar-refractivity contribution is -0.153. The van der Waals surface area contributed by atoms with Gasteiger partial charge in [-0.1, -0.05) is 30.3 Å². The van der Waals surface area contributed by atoms with E-state index >= 15 is 0 Å². The molecular weight excluding hydrogens is 528 g/mol. The maximum atomic E-state index is 13.2. The molecule has 0 radical (unpaired) electrons. The number of ketones is 3. The molecule has 0 aliphatic heterocycles. The van der Waals surface area contributed by atoms with Gasteiger partial charge in [-0.15, -0.1) is 0 Å². The fourth-order valence-electron chi connectivity index (χ4n) is 5.72. The van der Waals surface area contributed by atoms with Crippen LogP contribution in [-0.4, -0.2) is 88.0 Å². The smallest absolute Gasteiger partial charge is 0.224 e. The van der Waals surface area contributed by atoms with Gasteiger partial charge in [0.15, 0.2) is 17.3 Å². The number of carbonyl (C=O) groups excluding carboxylic acids is 4. The molecule has 3 atom stereocenters.